The van der Waals surface area contributed by atoms with Gasteiger partial charge in [-0.2, -0.15) is 13.2 Å². The Morgan fingerprint density at radius 3 is 2.71 bits per heavy atom. The third kappa shape index (κ3) is 3.37. The predicted molar refractivity (Wildman–Crippen MR) is 45.6 cm³/mol. The number of alkyl halides is 3. The minimum atomic E-state index is -4.21. The van der Waals surface area contributed by atoms with E-state index in [-0.39, 0.29) is 6.04 Å². The van der Waals surface area contributed by atoms with Gasteiger partial charge in [-0.1, -0.05) is 0 Å². The van der Waals surface area contributed by atoms with Crippen molar-refractivity contribution >= 4 is 0 Å². The first-order valence-electron chi connectivity index (χ1n) is 4.21. The second-order valence-electron chi connectivity index (χ2n) is 3.27. The van der Waals surface area contributed by atoms with E-state index < -0.39 is 12.7 Å². The molecule has 0 amide bonds. The van der Waals surface area contributed by atoms with Crippen molar-refractivity contribution in [2.24, 2.45) is 5.73 Å². The molecule has 0 radical (unpaired) electrons. The summed E-state index contributed by atoms with van der Waals surface area (Å²) in [6.07, 6.45) is -1.20. The Bertz CT molecular complexity index is 290. The Labute approximate surface area is 79.7 Å². The molecule has 2 N–H and O–H groups in total. The first-order chi connectivity index (χ1) is 6.38. The van der Waals surface area contributed by atoms with E-state index in [1.807, 2.05) is 0 Å². The third-order valence-corrected chi connectivity index (χ3v) is 1.66. The van der Waals surface area contributed by atoms with Crippen LogP contribution in [0.2, 0.25) is 0 Å². The molecule has 6 heteroatoms. The molecule has 0 aliphatic rings. The Kier molecular flexibility index (Phi) is 3.15. The SMILES string of the molecule is CC(N)Cc1nccn1CC(F)(F)F. The quantitative estimate of drug-likeness (QED) is 0.812. The normalized spacial score (nSPS) is 14.4. The predicted octanol–water partition coefficient (Wildman–Crippen LogP) is 1.34. The molecule has 0 spiro atoms. The van der Waals surface area contributed by atoms with Crippen LogP contribution in [0.3, 0.4) is 0 Å². The van der Waals surface area contributed by atoms with Crippen molar-refractivity contribution in [2.45, 2.75) is 32.1 Å². The first kappa shape index (κ1) is 11.0. The van der Waals surface area contributed by atoms with Crippen LogP contribution in [0.4, 0.5) is 13.2 Å². The summed E-state index contributed by atoms with van der Waals surface area (Å²) in [5.74, 6) is 0.373. The molecule has 14 heavy (non-hydrogen) atoms. The maximum Gasteiger partial charge on any atom is 0.406 e. The highest BCUT2D eigenvalue weighted by molar-refractivity contribution is 4.95. The number of imidazole rings is 1. The highest BCUT2D eigenvalue weighted by Crippen LogP contribution is 2.18. The van der Waals surface area contributed by atoms with Gasteiger partial charge < -0.3 is 10.3 Å². The van der Waals surface area contributed by atoms with E-state index >= 15 is 0 Å². The average Bonchev–Trinajstić information content (AvgIpc) is 2.32. The third-order valence-electron chi connectivity index (χ3n) is 1.66. The van der Waals surface area contributed by atoms with Gasteiger partial charge in [0, 0.05) is 24.9 Å². The summed E-state index contributed by atoms with van der Waals surface area (Å²) in [6, 6.07) is -0.190. The van der Waals surface area contributed by atoms with Crippen molar-refractivity contribution < 1.29 is 13.2 Å². The van der Waals surface area contributed by atoms with Crippen molar-refractivity contribution in [3.63, 3.8) is 0 Å². The average molecular weight is 207 g/mol. The molecule has 1 atom stereocenters. The van der Waals surface area contributed by atoms with Gasteiger partial charge in [0.1, 0.15) is 12.4 Å². The van der Waals surface area contributed by atoms with Gasteiger partial charge in [0.05, 0.1) is 0 Å². The number of nitrogens with two attached hydrogens (primary N) is 1. The van der Waals surface area contributed by atoms with Gasteiger partial charge in [0.2, 0.25) is 0 Å². The van der Waals surface area contributed by atoms with E-state index in [1.165, 1.54) is 12.4 Å². The molecule has 0 aromatic carbocycles. The summed E-state index contributed by atoms with van der Waals surface area (Å²) in [5, 5.41) is 0. The number of hydrogen-bond acceptors (Lipinski definition) is 2. The molecular weight excluding hydrogens is 195 g/mol. The van der Waals surface area contributed by atoms with Crippen LogP contribution >= 0.6 is 0 Å². The lowest BCUT2D eigenvalue weighted by atomic mass is 10.2. The summed E-state index contributed by atoms with van der Waals surface area (Å²) in [7, 11) is 0. The van der Waals surface area contributed by atoms with Gasteiger partial charge in [-0.25, -0.2) is 4.98 Å². The second kappa shape index (κ2) is 4.00. The van der Waals surface area contributed by atoms with Crippen molar-refractivity contribution in [3.05, 3.63) is 18.2 Å². The fraction of sp³-hybridized carbons (Fsp3) is 0.625. The van der Waals surface area contributed by atoms with Crippen LogP contribution in [0, 0.1) is 0 Å². The zero-order valence-electron chi connectivity index (χ0n) is 7.75. The summed E-state index contributed by atoms with van der Waals surface area (Å²) >= 11 is 0. The van der Waals surface area contributed by atoms with Crippen LogP contribution in [-0.2, 0) is 13.0 Å². The van der Waals surface area contributed by atoms with Crippen LogP contribution < -0.4 is 5.73 Å². The molecule has 0 saturated carbocycles. The maximum atomic E-state index is 12.1. The first-order valence-corrected chi connectivity index (χ1v) is 4.21. The molecule has 0 aliphatic heterocycles. The van der Waals surface area contributed by atoms with E-state index in [2.05, 4.69) is 4.98 Å². The van der Waals surface area contributed by atoms with Crippen molar-refractivity contribution in [2.75, 3.05) is 0 Å². The molecule has 1 aromatic heterocycles. The standard InChI is InChI=1S/C8H12F3N3/c1-6(12)4-7-13-2-3-14(7)5-8(9,10)11/h2-3,6H,4-5,12H2,1H3. The van der Waals surface area contributed by atoms with Gasteiger partial charge in [-0.15, -0.1) is 0 Å². The molecule has 0 bridgehead atoms. The molecule has 1 heterocycles. The number of rotatable bonds is 3. The second-order valence-corrected chi connectivity index (χ2v) is 3.27. The smallest absolute Gasteiger partial charge is 0.328 e. The van der Waals surface area contributed by atoms with Gasteiger partial charge in [-0.3, -0.25) is 0 Å². The summed E-state index contributed by atoms with van der Waals surface area (Å²) < 4.78 is 37.2. The number of halogens is 3. The topological polar surface area (TPSA) is 43.8 Å². The number of nitrogens with zero attached hydrogens (tertiary/aromatic N) is 2. The fourth-order valence-corrected chi connectivity index (χ4v) is 1.16. The van der Waals surface area contributed by atoms with Crippen LogP contribution in [0.1, 0.15) is 12.7 Å². The van der Waals surface area contributed by atoms with E-state index in [0.29, 0.717) is 12.2 Å². The van der Waals surface area contributed by atoms with E-state index in [0.717, 1.165) is 4.57 Å². The monoisotopic (exact) mass is 207 g/mol. The zero-order chi connectivity index (χ0) is 10.8. The Morgan fingerprint density at radius 2 is 2.21 bits per heavy atom. The molecule has 1 unspecified atom stereocenters. The van der Waals surface area contributed by atoms with Crippen molar-refractivity contribution in [1.82, 2.24) is 9.55 Å². The van der Waals surface area contributed by atoms with Crippen molar-refractivity contribution in [3.8, 4) is 0 Å². The highest BCUT2D eigenvalue weighted by atomic mass is 19.4. The number of hydrogen-bond donors (Lipinski definition) is 1. The Morgan fingerprint density at radius 1 is 1.57 bits per heavy atom. The fourth-order valence-electron chi connectivity index (χ4n) is 1.16. The summed E-state index contributed by atoms with van der Waals surface area (Å²) in [6.45, 7) is 0.724. The van der Waals surface area contributed by atoms with Crippen LogP contribution in [0.5, 0.6) is 0 Å². The Hall–Kier alpha value is -1.04. The van der Waals surface area contributed by atoms with Gasteiger partial charge >= 0.3 is 6.18 Å². The lowest BCUT2D eigenvalue weighted by molar-refractivity contribution is -0.141. The van der Waals surface area contributed by atoms with Gasteiger partial charge in [0.15, 0.2) is 0 Å². The number of aromatic nitrogens is 2. The molecule has 0 saturated heterocycles. The minimum absolute atomic E-state index is 0.190. The molecule has 80 valence electrons. The molecular formula is C8H12F3N3. The summed E-state index contributed by atoms with van der Waals surface area (Å²) in [5.41, 5.74) is 5.48. The highest BCUT2D eigenvalue weighted by Gasteiger charge is 2.28. The van der Waals surface area contributed by atoms with Gasteiger partial charge in [-0.05, 0) is 6.92 Å². The lowest BCUT2D eigenvalue weighted by Crippen LogP contribution is -2.24. The lowest BCUT2D eigenvalue weighted by Gasteiger charge is -2.11. The van der Waals surface area contributed by atoms with E-state index in [1.54, 1.807) is 6.92 Å². The van der Waals surface area contributed by atoms with Crippen molar-refractivity contribution in [1.29, 1.82) is 0 Å². The molecule has 1 aromatic rings. The summed E-state index contributed by atoms with van der Waals surface area (Å²) in [4.78, 5) is 3.82. The van der Waals surface area contributed by atoms with Crippen LogP contribution in [-0.4, -0.2) is 21.8 Å². The minimum Gasteiger partial charge on any atom is -0.328 e. The maximum absolute atomic E-state index is 12.1. The molecule has 3 nitrogen and oxygen atoms in total. The van der Waals surface area contributed by atoms with Crippen LogP contribution in [0.25, 0.3) is 0 Å². The zero-order valence-corrected chi connectivity index (χ0v) is 7.75. The largest absolute Gasteiger partial charge is 0.406 e. The van der Waals surface area contributed by atoms with Gasteiger partial charge in [0.25, 0.3) is 0 Å². The molecule has 0 fully saturated rings. The molecule has 1 rings (SSSR count). The van der Waals surface area contributed by atoms with E-state index in [9.17, 15) is 13.2 Å². The Balaban J connectivity index is 2.72. The van der Waals surface area contributed by atoms with Crippen LogP contribution in [0.15, 0.2) is 12.4 Å². The molecule has 0 aliphatic carbocycles. The van der Waals surface area contributed by atoms with E-state index in [4.69, 9.17) is 5.73 Å².